The summed E-state index contributed by atoms with van der Waals surface area (Å²) < 4.78 is 0. The summed E-state index contributed by atoms with van der Waals surface area (Å²) >= 11 is 0. The number of urea groups is 1. The molecule has 0 radical (unpaired) electrons. The third-order valence-electron chi connectivity index (χ3n) is 7.66. The van der Waals surface area contributed by atoms with Gasteiger partial charge < -0.3 is 20.4 Å². The average molecular weight is 568 g/mol. The zero-order valence-electron chi connectivity index (χ0n) is 24.0. The lowest BCUT2D eigenvalue weighted by Gasteiger charge is -2.29. The summed E-state index contributed by atoms with van der Waals surface area (Å²) in [6.07, 6.45) is 0.476. The normalized spacial score (nSPS) is 16.5. The number of benzene rings is 3. The van der Waals surface area contributed by atoms with Crippen molar-refractivity contribution in [2.45, 2.75) is 44.8 Å². The molecule has 0 aromatic heterocycles. The van der Waals surface area contributed by atoms with Crippen LogP contribution in [0.4, 0.5) is 10.5 Å². The fourth-order valence-corrected chi connectivity index (χ4v) is 5.34. The van der Waals surface area contributed by atoms with Gasteiger partial charge in [0.15, 0.2) is 0 Å². The maximum atomic E-state index is 13.0. The minimum absolute atomic E-state index is 0.0635. The Morgan fingerprint density at radius 2 is 1.69 bits per heavy atom. The number of fused-ring (bicyclic) bond motifs is 1. The summed E-state index contributed by atoms with van der Waals surface area (Å²) in [5, 5.41) is 8.14. The largest absolute Gasteiger partial charge is 0.345 e. The molecular weight excluding hydrogens is 534 g/mol. The summed E-state index contributed by atoms with van der Waals surface area (Å²) in [5.74, 6) is -1.13. The van der Waals surface area contributed by atoms with E-state index >= 15 is 0 Å². The first-order valence-electron chi connectivity index (χ1n) is 13.7. The average Bonchev–Trinajstić information content (AvgIpc) is 3.27. The van der Waals surface area contributed by atoms with Gasteiger partial charge >= 0.3 is 6.03 Å². The topological polar surface area (TPSA) is 128 Å². The Morgan fingerprint density at radius 3 is 2.38 bits per heavy atom. The van der Waals surface area contributed by atoms with Crippen LogP contribution in [-0.2, 0) is 21.7 Å². The van der Waals surface area contributed by atoms with Crippen LogP contribution in [-0.4, -0.2) is 59.6 Å². The molecule has 0 saturated carbocycles. The molecule has 216 valence electrons. The molecule has 0 aliphatic carbocycles. The first-order valence-corrected chi connectivity index (χ1v) is 13.7. The molecule has 3 aromatic rings. The van der Waals surface area contributed by atoms with E-state index in [9.17, 15) is 24.0 Å². The van der Waals surface area contributed by atoms with Crippen molar-refractivity contribution < 1.29 is 24.0 Å². The Kier molecular flexibility index (Phi) is 7.55. The van der Waals surface area contributed by atoms with Crippen molar-refractivity contribution in [2.24, 2.45) is 0 Å². The number of piperidine rings is 1. The van der Waals surface area contributed by atoms with E-state index in [0.717, 1.165) is 16.7 Å². The van der Waals surface area contributed by atoms with Gasteiger partial charge in [0.1, 0.15) is 6.04 Å². The number of carbonyl (C=O) groups is 5. The summed E-state index contributed by atoms with van der Waals surface area (Å²) in [4.78, 5) is 65.1. The van der Waals surface area contributed by atoms with Crippen LogP contribution in [0, 0.1) is 0 Å². The zero-order chi connectivity index (χ0) is 30.2. The van der Waals surface area contributed by atoms with E-state index in [1.807, 2.05) is 56.3 Å². The van der Waals surface area contributed by atoms with E-state index in [1.165, 1.54) is 4.90 Å². The van der Waals surface area contributed by atoms with Crippen molar-refractivity contribution in [3.63, 3.8) is 0 Å². The second-order valence-electron chi connectivity index (χ2n) is 11.3. The van der Waals surface area contributed by atoms with Crippen molar-refractivity contribution in [3.05, 3.63) is 89.0 Å². The van der Waals surface area contributed by atoms with Gasteiger partial charge in [-0.25, -0.2) is 4.79 Å². The molecule has 2 heterocycles. The van der Waals surface area contributed by atoms with E-state index in [4.69, 9.17) is 0 Å². The number of carbonyl (C=O) groups excluding carboxylic acids is 5. The number of hydrogen-bond acceptors (Lipinski definition) is 5. The first-order chi connectivity index (χ1) is 19.9. The number of nitrogens with zero attached hydrogens (tertiary/aromatic N) is 2. The Morgan fingerprint density at radius 1 is 0.952 bits per heavy atom. The minimum atomic E-state index is -0.708. The van der Waals surface area contributed by atoms with Crippen LogP contribution in [0.25, 0.3) is 11.1 Å². The van der Waals surface area contributed by atoms with E-state index in [0.29, 0.717) is 22.4 Å². The monoisotopic (exact) mass is 567 g/mol. The fourth-order valence-electron chi connectivity index (χ4n) is 5.34. The molecule has 42 heavy (non-hydrogen) atoms. The molecular formula is C32H33N5O5. The lowest BCUT2D eigenvalue weighted by molar-refractivity contribution is -0.136. The number of anilines is 1. The van der Waals surface area contributed by atoms with Gasteiger partial charge in [-0.3, -0.25) is 24.5 Å². The van der Waals surface area contributed by atoms with Crippen LogP contribution in [0.5, 0.6) is 0 Å². The third kappa shape index (κ3) is 5.74. The molecule has 3 aromatic carbocycles. The molecule has 10 heteroatoms. The third-order valence-corrected chi connectivity index (χ3v) is 7.66. The highest BCUT2D eigenvalue weighted by Crippen LogP contribution is 2.30. The van der Waals surface area contributed by atoms with E-state index in [-0.39, 0.29) is 37.1 Å². The molecule has 0 spiro atoms. The standard InChI is InChI=1S/C32H33N5O5/c1-32(2,23-10-8-19(9-11-23)20-6-5-7-21(16-20)29(40)36(3)4)35-31(42)33-24-12-13-25-22(17-24)18-37(30(25)41)26-14-15-27(38)34-28(26)39/h5-13,16-17,26H,14-15,18H2,1-4H3,(H2,33,35,42)(H,34,38,39). The molecule has 3 N–H and O–H groups in total. The summed E-state index contributed by atoms with van der Waals surface area (Å²) in [5.41, 5.74) is 4.36. The molecule has 1 unspecified atom stereocenters. The van der Waals surface area contributed by atoms with E-state index in [1.54, 1.807) is 43.3 Å². The summed E-state index contributed by atoms with van der Waals surface area (Å²) in [6.45, 7) is 4.02. The van der Waals surface area contributed by atoms with Gasteiger partial charge in [0.2, 0.25) is 11.8 Å². The molecule has 2 aliphatic rings. The molecule has 0 bridgehead atoms. The number of imide groups is 1. The van der Waals surface area contributed by atoms with Gasteiger partial charge in [0.05, 0.1) is 5.54 Å². The first kappa shape index (κ1) is 28.5. The van der Waals surface area contributed by atoms with Crippen LogP contribution in [0.15, 0.2) is 66.7 Å². The second kappa shape index (κ2) is 11.1. The highest BCUT2D eigenvalue weighted by Gasteiger charge is 2.39. The van der Waals surface area contributed by atoms with Crippen molar-refractivity contribution in [1.29, 1.82) is 0 Å². The smallest absolute Gasteiger partial charge is 0.319 e. The van der Waals surface area contributed by atoms with Gasteiger partial charge in [0.25, 0.3) is 11.8 Å². The van der Waals surface area contributed by atoms with Crippen molar-refractivity contribution >= 4 is 35.3 Å². The molecule has 2 aliphatic heterocycles. The Hall–Kier alpha value is -4.99. The molecule has 5 rings (SSSR count). The van der Waals surface area contributed by atoms with Gasteiger partial charge in [0, 0.05) is 43.9 Å². The van der Waals surface area contributed by atoms with Crippen molar-refractivity contribution in [2.75, 3.05) is 19.4 Å². The molecule has 1 atom stereocenters. The highest BCUT2D eigenvalue weighted by atomic mass is 16.2. The van der Waals surface area contributed by atoms with Crippen LogP contribution in [0.2, 0.25) is 0 Å². The summed E-state index contributed by atoms with van der Waals surface area (Å²) in [6, 6.07) is 19.2. The Bertz CT molecular complexity index is 1600. The lowest BCUT2D eigenvalue weighted by atomic mass is 9.92. The number of rotatable bonds is 6. The maximum absolute atomic E-state index is 13.0. The Balaban J connectivity index is 1.23. The molecule has 6 amide bonds. The number of hydrogen-bond donors (Lipinski definition) is 3. The van der Waals surface area contributed by atoms with Crippen molar-refractivity contribution in [1.82, 2.24) is 20.4 Å². The quantitative estimate of drug-likeness (QED) is 0.390. The van der Waals surface area contributed by atoms with Crippen LogP contribution in [0.1, 0.15) is 58.5 Å². The zero-order valence-corrected chi connectivity index (χ0v) is 24.0. The lowest BCUT2D eigenvalue weighted by Crippen LogP contribution is -2.52. The molecule has 1 saturated heterocycles. The van der Waals surface area contributed by atoms with Crippen LogP contribution in [0.3, 0.4) is 0 Å². The van der Waals surface area contributed by atoms with Gasteiger partial charge in [-0.15, -0.1) is 0 Å². The molecule has 1 fully saturated rings. The fraction of sp³-hybridized carbons (Fsp3) is 0.281. The maximum Gasteiger partial charge on any atom is 0.319 e. The summed E-state index contributed by atoms with van der Waals surface area (Å²) in [7, 11) is 3.44. The van der Waals surface area contributed by atoms with Gasteiger partial charge in [-0.2, -0.15) is 0 Å². The predicted molar refractivity (Wildman–Crippen MR) is 158 cm³/mol. The Labute approximate surface area is 244 Å². The van der Waals surface area contributed by atoms with E-state index in [2.05, 4.69) is 16.0 Å². The van der Waals surface area contributed by atoms with Crippen LogP contribution < -0.4 is 16.0 Å². The minimum Gasteiger partial charge on any atom is -0.345 e. The highest BCUT2D eigenvalue weighted by molar-refractivity contribution is 6.05. The van der Waals surface area contributed by atoms with Crippen LogP contribution >= 0.6 is 0 Å². The van der Waals surface area contributed by atoms with Gasteiger partial charge in [-0.05, 0) is 72.9 Å². The predicted octanol–water partition coefficient (Wildman–Crippen LogP) is 3.87. The van der Waals surface area contributed by atoms with E-state index < -0.39 is 23.5 Å². The molecule has 10 nitrogen and oxygen atoms in total. The number of amides is 6. The SMILES string of the molecule is CN(C)C(=O)c1cccc(-c2ccc(C(C)(C)NC(=O)Nc3ccc4c(c3)CN(C3CCC(=O)NC3=O)C4=O)cc2)c1. The van der Waals surface area contributed by atoms with Crippen molar-refractivity contribution in [3.8, 4) is 11.1 Å². The number of nitrogens with one attached hydrogen (secondary N) is 3. The second-order valence-corrected chi connectivity index (χ2v) is 11.3. The van der Waals surface area contributed by atoms with Gasteiger partial charge in [-0.1, -0.05) is 36.4 Å².